The predicted molar refractivity (Wildman–Crippen MR) is 71.6 cm³/mol. The fourth-order valence-electron chi connectivity index (χ4n) is 1.69. The smallest absolute Gasteiger partial charge is 0.316 e. The van der Waals surface area contributed by atoms with E-state index >= 15 is 0 Å². The number of carboxylic acids is 1. The summed E-state index contributed by atoms with van der Waals surface area (Å²) in [5, 5.41) is 8.66. The Kier molecular flexibility index (Phi) is 3.91. The Balaban J connectivity index is 2.07. The molecule has 0 saturated carbocycles. The van der Waals surface area contributed by atoms with Gasteiger partial charge in [-0.15, -0.1) is 11.8 Å². The number of carboxylic acid groups (broad SMARTS) is 1. The van der Waals surface area contributed by atoms with Gasteiger partial charge in [0.25, 0.3) is 0 Å². The Labute approximate surface area is 109 Å². The average molecular weight is 265 g/mol. The lowest BCUT2D eigenvalue weighted by atomic mass is 10.1. The lowest BCUT2D eigenvalue weighted by Gasteiger charge is -2.14. The van der Waals surface area contributed by atoms with E-state index in [-0.39, 0.29) is 5.92 Å². The van der Waals surface area contributed by atoms with Crippen molar-refractivity contribution in [2.45, 2.75) is 24.9 Å². The molecule has 0 bridgehead atoms. The second kappa shape index (κ2) is 5.44. The first-order valence-corrected chi connectivity index (χ1v) is 6.81. The summed E-state index contributed by atoms with van der Waals surface area (Å²) < 4.78 is 5.55. The maximum absolute atomic E-state index is 11.1. The van der Waals surface area contributed by atoms with Crippen molar-refractivity contribution >= 4 is 28.8 Å². The highest BCUT2D eigenvalue weighted by atomic mass is 32.2. The predicted octanol–water partition coefficient (Wildman–Crippen LogP) is 3.17. The van der Waals surface area contributed by atoms with Crippen molar-refractivity contribution in [3.8, 4) is 0 Å². The molecule has 0 aliphatic carbocycles. The standard InChI is InChI=1S/C13H15NO3S/c1-8(2)12(13(15)16)18-7-11-14-9-5-3-4-6-10(9)17-11/h3-6,8,12H,7H2,1-2H3,(H,15,16). The number of nitrogens with zero attached hydrogens (tertiary/aromatic N) is 1. The fraction of sp³-hybridized carbons (Fsp3) is 0.385. The zero-order chi connectivity index (χ0) is 13.1. The van der Waals surface area contributed by atoms with E-state index in [4.69, 9.17) is 9.52 Å². The molecule has 2 rings (SSSR count). The van der Waals surface area contributed by atoms with E-state index in [2.05, 4.69) is 4.98 Å². The van der Waals surface area contributed by atoms with Crippen LogP contribution in [0.5, 0.6) is 0 Å². The number of para-hydroxylation sites is 2. The molecule has 0 spiro atoms. The maximum atomic E-state index is 11.1. The molecule has 5 heteroatoms. The van der Waals surface area contributed by atoms with Crippen molar-refractivity contribution < 1.29 is 14.3 Å². The Hall–Kier alpha value is -1.49. The van der Waals surface area contributed by atoms with Gasteiger partial charge in [0, 0.05) is 0 Å². The summed E-state index contributed by atoms with van der Waals surface area (Å²) in [7, 11) is 0. The zero-order valence-electron chi connectivity index (χ0n) is 10.3. The third-order valence-corrected chi connectivity index (χ3v) is 4.09. The van der Waals surface area contributed by atoms with E-state index in [0.29, 0.717) is 11.6 Å². The summed E-state index contributed by atoms with van der Waals surface area (Å²) in [6.45, 7) is 3.80. The van der Waals surface area contributed by atoms with E-state index < -0.39 is 11.2 Å². The van der Waals surface area contributed by atoms with Crippen LogP contribution in [0.1, 0.15) is 19.7 Å². The van der Waals surface area contributed by atoms with Crippen LogP contribution >= 0.6 is 11.8 Å². The van der Waals surface area contributed by atoms with Gasteiger partial charge in [0.05, 0.1) is 5.75 Å². The maximum Gasteiger partial charge on any atom is 0.316 e. The molecule has 0 saturated heterocycles. The van der Waals surface area contributed by atoms with Crippen LogP contribution in [0.4, 0.5) is 0 Å². The summed E-state index contributed by atoms with van der Waals surface area (Å²) in [6, 6.07) is 7.52. The normalized spacial score (nSPS) is 13.1. The molecule has 1 unspecified atom stereocenters. The molecule has 96 valence electrons. The summed E-state index contributed by atoms with van der Waals surface area (Å²) in [4.78, 5) is 15.4. The van der Waals surface area contributed by atoms with E-state index in [1.165, 1.54) is 11.8 Å². The van der Waals surface area contributed by atoms with Crippen LogP contribution < -0.4 is 0 Å². The molecular weight excluding hydrogens is 250 g/mol. The highest BCUT2D eigenvalue weighted by molar-refractivity contribution is 7.99. The third kappa shape index (κ3) is 2.85. The van der Waals surface area contributed by atoms with Crippen molar-refractivity contribution in [1.29, 1.82) is 0 Å². The Morgan fingerprint density at radius 1 is 1.44 bits per heavy atom. The second-order valence-corrected chi connectivity index (χ2v) is 5.52. The molecule has 0 aliphatic heterocycles. The van der Waals surface area contributed by atoms with E-state index in [1.807, 2.05) is 38.1 Å². The van der Waals surface area contributed by atoms with Gasteiger partial charge in [-0.1, -0.05) is 26.0 Å². The number of benzene rings is 1. The van der Waals surface area contributed by atoms with Crippen LogP contribution in [0, 0.1) is 5.92 Å². The van der Waals surface area contributed by atoms with E-state index in [1.54, 1.807) is 0 Å². The lowest BCUT2D eigenvalue weighted by Crippen LogP contribution is -2.22. The number of rotatable bonds is 5. The van der Waals surface area contributed by atoms with Gasteiger partial charge in [0.1, 0.15) is 10.8 Å². The van der Waals surface area contributed by atoms with Crippen LogP contribution in [0.15, 0.2) is 28.7 Å². The van der Waals surface area contributed by atoms with Crippen LogP contribution in [0.2, 0.25) is 0 Å². The molecule has 1 N–H and O–H groups in total. The van der Waals surface area contributed by atoms with Gasteiger partial charge in [0.15, 0.2) is 5.58 Å². The first-order valence-electron chi connectivity index (χ1n) is 5.77. The molecule has 0 amide bonds. The van der Waals surface area contributed by atoms with Crippen molar-refractivity contribution in [3.05, 3.63) is 30.2 Å². The molecule has 4 nitrogen and oxygen atoms in total. The fourth-order valence-corrected chi connectivity index (χ4v) is 2.66. The van der Waals surface area contributed by atoms with Gasteiger partial charge < -0.3 is 9.52 Å². The van der Waals surface area contributed by atoms with Crippen LogP contribution in [0.3, 0.4) is 0 Å². The minimum absolute atomic E-state index is 0.0804. The van der Waals surface area contributed by atoms with Gasteiger partial charge in [-0.05, 0) is 18.1 Å². The van der Waals surface area contributed by atoms with Gasteiger partial charge >= 0.3 is 5.97 Å². The van der Waals surface area contributed by atoms with Crippen molar-refractivity contribution in [2.75, 3.05) is 0 Å². The SMILES string of the molecule is CC(C)C(SCc1nc2ccccc2o1)C(=O)O. The monoisotopic (exact) mass is 265 g/mol. The van der Waals surface area contributed by atoms with Crippen LogP contribution in [0.25, 0.3) is 11.1 Å². The minimum atomic E-state index is -0.786. The van der Waals surface area contributed by atoms with Gasteiger partial charge in [0.2, 0.25) is 5.89 Å². The van der Waals surface area contributed by atoms with Gasteiger partial charge in [-0.25, -0.2) is 4.98 Å². The molecule has 1 aromatic carbocycles. The van der Waals surface area contributed by atoms with Crippen LogP contribution in [-0.4, -0.2) is 21.3 Å². The summed E-state index contributed by atoms with van der Waals surface area (Å²) in [5.41, 5.74) is 1.55. The molecule has 18 heavy (non-hydrogen) atoms. The van der Waals surface area contributed by atoms with Gasteiger partial charge in [-0.2, -0.15) is 0 Å². The molecule has 1 heterocycles. The summed E-state index contributed by atoms with van der Waals surface area (Å²) >= 11 is 1.35. The zero-order valence-corrected chi connectivity index (χ0v) is 11.1. The topological polar surface area (TPSA) is 63.3 Å². The average Bonchev–Trinajstić information content (AvgIpc) is 2.70. The van der Waals surface area contributed by atoms with Crippen LogP contribution in [-0.2, 0) is 10.5 Å². The summed E-state index contributed by atoms with van der Waals surface area (Å²) in [5.74, 6) is 0.347. The molecule has 0 fully saturated rings. The number of aromatic nitrogens is 1. The highest BCUT2D eigenvalue weighted by Crippen LogP contribution is 2.25. The van der Waals surface area contributed by atoms with Crippen molar-refractivity contribution in [3.63, 3.8) is 0 Å². The lowest BCUT2D eigenvalue weighted by molar-refractivity contribution is -0.137. The largest absolute Gasteiger partial charge is 0.480 e. The third-order valence-electron chi connectivity index (χ3n) is 2.57. The van der Waals surface area contributed by atoms with Gasteiger partial charge in [-0.3, -0.25) is 4.79 Å². The quantitative estimate of drug-likeness (QED) is 0.899. The number of oxazole rings is 1. The molecular formula is C13H15NO3S. The number of carbonyl (C=O) groups is 1. The minimum Gasteiger partial charge on any atom is -0.480 e. The van der Waals surface area contributed by atoms with Crippen molar-refractivity contribution in [1.82, 2.24) is 4.98 Å². The summed E-state index contributed by atoms with van der Waals surface area (Å²) in [6.07, 6.45) is 0. The number of aliphatic carboxylic acids is 1. The number of thioether (sulfide) groups is 1. The van der Waals surface area contributed by atoms with Crippen molar-refractivity contribution in [2.24, 2.45) is 5.92 Å². The number of hydrogen-bond acceptors (Lipinski definition) is 4. The molecule has 1 atom stereocenters. The van der Waals surface area contributed by atoms with E-state index in [0.717, 1.165) is 11.1 Å². The molecule has 2 aromatic rings. The van der Waals surface area contributed by atoms with E-state index in [9.17, 15) is 4.79 Å². The second-order valence-electron chi connectivity index (χ2n) is 4.39. The molecule has 1 aromatic heterocycles. The molecule has 0 radical (unpaired) electrons. The molecule has 0 aliphatic rings. The Morgan fingerprint density at radius 3 is 2.78 bits per heavy atom. The first kappa shape index (κ1) is 13.0. The number of hydrogen-bond donors (Lipinski definition) is 1. The first-order chi connectivity index (χ1) is 8.58. The Bertz CT molecular complexity index is 517. The Morgan fingerprint density at radius 2 is 2.17 bits per heavy atom. The number of fused-ring (bicyclic) bond motifs is 1. The highest BCUT2D eigenvalue weighted by Gasteiger charge is 2.22.